The summed E-state index contributed by atoms with van der Waals surface area (Å²) in [4.78, 5) is 14.9. The standard InChI is InChI=1S/C20H29FN2O2/c21-18-9-5-4-8-17(18)19(23-12-14-25-15-13-23)20(24)22-11-10-16-6-2-1-3-7-16/h4-5,8-9,16,19H,1-3,6-7,10-15H2,(H,22,24)/t19-/m0/s1. The van der Waals surface area contributed by atoms with E-state index in [0.717, 1.165) is 12.3 Å². The van der Waals surface area contributed by atoms with Crippen molar-refractivity contribution in [2.45, 2.75) is 44.6 Å². The zero-order valence-electron chi connectivity index (χ0n) is 14.9. The van der Waals surface area contributed by atoms with Crippen LogP contribution < -0.4 is 5.32 Å². The van der Waals surface area contributed by atoms with Crippen molar-refractivity contribution < 1.29 is 13.9 Å². The molecule has 0 radical (unpaired) electrons. The van der Waals surface area contributed by atoms with E-state index in [2.05, 4.69) is 5.32 Å². The highest BCUT2D eigenvalue weighted by atomic mass is 19.1. The minimum Gasteiger partial charge on any atom is -0.379 e. The Morgan fingerprint density at radius 1 is 1.20 bits per heavy atom. The number of hydrogen-bond donors (Lipinski definition) is 1. The molecule has 1 N–H and O–H groups in total. The molecule has 2 fully saturated rings. The second-order valence-electron chi connectivity index (χ2n) is 7.16. The van der Waals surface area contributed by atoms with E-state index in [4.69, 9.17) is 4.74 Å². The van der Waals surface area contributed by atoms with Gasteiger partial charge in [0, 0.05) is 25.2 Å². The van der Waals surface area contributed by atoms with Crippen LogP contribution in [0.3, 0.4) is 0 Å². The van der Waals surface area contributed by atoms with Crippen LogP contribution in [0.15, 0.2) is 24.3 Å². The molecular weight excluding hydrogens is 319 g/mol. The first kappa shape index (κ1) is 18.3. The molecule has 0 bridgehead atoms. The Kier molecular flexibility index (Phi) is 6.82. The van der Waals surface area contributed by atoms with Crippen LogP contribution in [0, 0.1) is 11.7 Å². The smallest absolute Gasteiger partial charge is 0.242 e. The molecule has 1 atom stereocenters. The number of morpholine rings is 1. The predicted molar refractivity (Wildman–Crippen MR) is 95.7 cm³/mol. The number of ether oxygens (including phenoxy) is 1. The average Bonchev–Trinajstić information content (AvgIpc) is 2.65. The van der Waals surface area contributed by atoms with E-state index in [1.165, 1.54) is 38.2 Å². The zero-order valence-corrected chi connectivity index (χ0v) is 14.9. The van der Waals surface area contributed by atoms with Gasteiger partial charge in [-0.05, 0) is 18.4 Å². The van der Waals surface area contributed by atoms with E-state index in [1.807, 2.05) is 4.90 Å². The van der Waals surface area contributed by atoms with Crippen LogP contribution in [-0.2, 0) is 9.53 Å². The molecule has 1 amide bonds. The maximum atomic E-state index is 14.3. The lowest BCUT2D eigenvalue weighted by Crippen LogP contribution is -2.46. The van der Waals surface area contributed by atoms with Crippen LogP contribution in [0.4, 0.5) is 4.39 Å². The number of benzene rings is 1. The zero-order chi connectivity index (χ0) is 17.5. The first-order valence-corrected chi connectivity index (χ1v) is 9.59. The molecule has 3 rings (SSSR count). The van der Waals surface area contributed by atoms with Crippen LogP contribution in [0.25, 0.3) is 0 Å². The molecule has 5 heteroatoms. The van der Waals surface area contributed by atoms with Gasteiger partial charge in [-0.2, -0.15) is 0 Å². The summed E-state index contributed by atoms with van der Waals surface area (Å²) in [6.07, 6.45) is 7.54. The van der Waals surface area contributed by atoms with Gasteiger partial charge in [-0.3, -0.25) is 9.69 Å². The molecule has 1 aromatic carbocycles. The van der Waals surface area contributed by atoms with Gasteiger partial charge < -0.3 is 10.1 Å². The van der Waals surface area contributed by atoms with Crippen LogP contribution in [0.1, 0.15) is 50.1 Å². The molecule has 25 heavy (non-hydrogen) atoms. The molecule has 1 heterocycles. The quantitative estimate of drug-likeness (QED) is 0.858. The van der Waals surface area contributed by atoms with E-state index in [9.17, 15) is 9.18 Å². The maximum absolute atomic E-state index is 14.3. The third-order valence-corrected chi connectivity index (χ3v) is 5.44. The van der Waals surface area contributed by atoms with Gasteiger partial charge in [0.05, 0.1) is 13.2 Å². The molecule has 2 aliphatic rings. The van der Waals surface area contributed by atoms with E-state index in [1.54, 1.807) is 18.2 Å². The minimum atomic E-state index is -0.573. The number of carbonyl (C=O) groups excluding carboxylic acids is 1. The Balaban J connectivity index is 1.63. The Labute approximate surface area is 149 Å². The van der Waals surface area contributed by atoms with Gasteiger partial charge in [-0.15, -0.1) is 0 Å². The number of amides is 1. The van der Waals surface area contributed by atoms with Gasteiger partial charge in [0.1, 0.15) is 11.9 Å². The van der Waals surface area contributed by atoms with Crippen molar-refractivity contribution in [1.29, 1.82) is 0 Å². The van der Waals surface area contributed by atoms with E-state index >= 15 is 0 Å². The molecule has 1 aliphatic heterocycles. The Bertz CT molecular complexity index is 554. The maximum Gasteiger partial charge on any atom is 0.242 e. The highest BCUT2D eigenvalue weighted by Crippen LogP contribution is 2.27. The summed E-state index contributed by atoms with van der Waals surface area (Å²) in [5.41, 5.74) is 0.458. The van der Waals surface area contributed by atoms with Crippen molar-refractivity contribution >= 4 is 5.91 Å². The number of carbonyl (C=O) groups is 1. The molecule has 1 saturated carbocycles. The van der Waals surface area contributed by atoms with Crippen molar-refractivity contribution in [3.05, 3.63) is 35.6 Å². The third kappa shape index (κ3) is 5.02. The van der Waals surface area contributed by atoms with Crippen molar-refractivity contribution in [1.82, 2.24) is 10.2 Å². The number of hydrogen-bond acceptors (Lipinski definition) is 3. The Hall–Kier alpha value is -1.46. The monoisotopic (exact) mass is 348 g/mol. The van der Waals surface area contributed by atoms with Crippen molar-refractivity contribution in [3.8, 4) is 0 Å². The number of halogens is 1. The van der Waals surface area contributed by atoms with E-state index < -0.39 is 6.04 Å². The summed E-state index contributed by atoms with van der Waals surface area (Å²) >= 11 is 0. The normalized spacial score (nSPS) is 21.0. The molecule has 0 spiro atoms. The molecule has 0 unspecified atom stereocenters. The van der Waals surface area contributed by atoms with Gasteiger partial charge in [0.2, 0.25) is 5.91 Å². The van der Waals surface area contributed by atoms with Crippen LogP contribution in [0.2, 0.25) is 0 Å². The summed E-state index contributed by atoms with van der Waals surface area (Å²) in [5.74, 6) is 0.313. The molecule has 1 saturated heterocycles. The molecule has 4 nitrogen and oxygen atoms in total. The number of nitrogens with zero attached hydrogens (tertiary/aromatic N) is 1. The van der Waals surface area contributed by atoms with Crippen molar-refractivity contribution in [2.24, 2.45) is 5.92 Å². The van der Waals surface area contributed by atoms with Gasteiger partial charge in [-0.1, -0.05) is 50.3 Å². The topological polar surface area (TPSA) is 41.6 Å². The number of rotatable bonds is 6. The summed E-state index contributed by atoms with van der Waals surface area (Å²) in [6.45, 7) is 3.14. The van der Waals surface area contributed by atoms with Crippen molar-refractivity contribution in [2.75, 3.05) is 32.8 Å². The van der Waals surface area contributed by atoms with Crippen molar-refractivity contribution in [3.63, 3.8) is 0 Å². The summed E-state index contributed by atoms with van der Waals surface area (Å²) in [6, 6.07) is 6.03. The minimum absolute atomic E-state index is 0.0946. The molecule has 138 valence electrons. The largest absolute Gasteiger partial charge is 0.379 e. The Morgan fingerprint density at radius 2 is 1.92 bits per heavy atom. The second-order valence-corrected chi connectivity index (χ2v) is 7.16. The van der Waals surface area contributed by atoms with Crippen LogP contribution in [0.5, 0.6) is 0 Å². The fraction of sp³-hybridized carbons (Fsp3) is 0.650. The van der Waals surface area contributed by atoms with Crippen LogP contribution in [-0.4, -0.2) is 43.7 Å². The molecule has 1 aromatic rings. The first-order chi connectivity index (χ1) is 12.3. The average molecular weight is 348 g/mol. The summed E-state index contributed by atoms with van der Waals surface area (Å²) < 4.78 is 19.7. The lowest BCUT2D eigenvalue weighted by Gasteiger charge is -2.34. The summed E-state index contributed by atoms with van der Waals surface area (Å²) in [5, 5.41) is 3.06. The fourth-order valence-corrected chi connectivity index (χ4v) is 4.01. The van der Waals surface area contributed by atoms with Crippen LogP contribution >= 0.6 is 0 Å². The highest BCUT2D eigenvalue weighted by molar-refractivity contribution is 5.83. The second kappa shape index (κ2) is 9.30. The van der Waals surface area contributed by atoms with Gasteiger partial charge >= 0.3 is 0 Å². The molecule has 0 aromatic heterocycles. The van der Waals surface area contributed by atoms with Gasteiger partial charge in [0.25, 0.3) is 0 Å². The highest BCUT2D eigenvalue weighted by Gasteiger charge is 2.31. The number of nitrogens with one attached hydrogen (secondary N) is 1. The fourth-order valence-electron chi connectivity index (χ4n) is 4.01. The van der Waals surface area contributed by atoms with Gasteiger partial charge in [-0.25, -0.2) is 4.39 Å². The Morgan fingerprint density at radius 3 is 2.64 bits per heavy atom. The molecular formula is C20H29FN2O2. The molecule has 1 aliphatic carbocycles. The first-order valence-electron chi connectivity index (χ1n) is 9.59. The lowest BCUT2D eigenvalue weighted by molar-refractivity contribution is -0.128. The summed E-state index contributed by atoms with van der Waals surface area (Å²) in [7, 11) is 0. The van der Waals surface area contributed by atoms with E-state index in [0.29, 0.717) is 38.4 Å². The van der Waals surface area contributed by atoms with Gasteiger partial charge in [0.15, 0.2) is 0 Å². The third-order valence-electron chi connectivity index (χ3n) is 5.44. The lowest BCUT2D eigenvalue weighted by atomic mass is 9.87. The van der Waals surface area contributed by atoms with E-state index in [-0.39, 0.29) is 11.7 Å². The predicted octanol–water partition coefficient (Wildman–Crippen LogP) is 3.29. The SMILES string of the molecule is O=C(NCCC1CCCCC1)[C@H](c1ccccc1F)N1CCOCC1.